The third kappa shape index (κ3) is 10.6. The van der Waals surface area contributed by atoms with Gasteiger partial charge in [-0.15, -0.1) is 0 Å². The number of carboxylic acids is 1. The van der Waals surface area contributed by atoms with Crippen molar-refractivity contribution in [2.24, 2.45) is 22.4 Å². The summed E-state index contributed by atoms with van der Waals surface area (Å²) < 4.78 is 0. The monoisotopic (exact) mass is 501 g/mol. The van der Waals surface area contributed by atoms with Crippen molar-refractivity contribution in [3.63, 3.8) is 0 Å². The maximum Gasteiger partial charge on any atom is 0.326 e. The number of nitrogens with one attached hydrogen (secondary N) is 4. The molecule has 194 valence electrons. The van der Waals surface area contributed by atoms with Gasteiger partial charge in [0.25, 0.3) is 0 Å². The molecule has 34 heavy (non-hydrogen) atoms. The van der Waals surface area contributed by atoms with Gasteiger partial charge in [0.15, 0.2) is 5.96 Å². The zero-order valence-corrected chi connectivity index (χ0v) is 21.0. The van der Waals surface area contributed by atoms with Crippen LogP contribution in [0.1, 0.15) is 46.0 Å². The molecule has 3 amide bonds. The van der Waals surface area contributed by atoms with E-state index in [2.05, 4.69) is 26.3 Å². The van der Waals surface area contributed by atoms with Gasteiger partial charge in [-0.3, -0.25) is 19.4 Å². The van der Waals surface area contributed by atoms with E-state index in [-0.39, 0.29) is 36.8 Å². The van der Waals surface area contributed by atoms with Crippen molar-refractivity contribution in [2.75, 3.05) is 25.1 Å². The van der Waals surface area contributed by atoms with Gasteiger partial charge in [-0.1, -0.05) is 13.8 Å². The Balaban J connectivity index is 2.81. The van der Waals surface area contributed by atoms with Crippen molar-refractivity contribution in [2.45, 2.75) is 70.1 Å². The normalized spacial score (nSPS) is 17.9. The maximum absolute atomic E-state index is 13.0. The van der Waals surface area contributed by atoms with Crippen LogP contribution in [0.5, 0.6) is 0 Å². The lowest BCUT2D eigenvalue weighted by atomic mass is 10.0. The van der Waals surface area contributed by atoms with Gasteiger partial charge in [-0.25, -0.2) is 4.79 Å². The van der Waals surface area contributed by atoms with Crippen molar-refractivity contribution in [3.05, 3.63) is 0 Å². The molecule has 0 aliphatic carbocycles. The van der Waals surface area contributed by atoms with Crippen LogP contribution < -0.4 is 32.7 Å². The number of thioether (sulfide) groups is 1. The molecule has 13 heteroatoms. The summed E-state index contributed by atoms with van der Waals surface area (Å²) in [6, 6.07) is -3.25. The summed E-state index contributed by atoms with van der Waals surface area (Å²) >= 11 is 1.54. The van der Waals surface area contributed by atoms with E-state index in [0.717, 1.165) is 13.0 Å². The molecule has 0 spiro atoms. The molecule has 9 N–H and O–H groups in total. The number of aliphatic carboxylic acids is 1. The smallest absolute Gasteiger partial charge is 0.326 e. The first kappa shape index (κ1) is 29.5. The Morgan fingerprint density at radius 1 is 1.09 bits per heavy atom. The van der Waals surface area contributed by atoms with Crippen LogP contribution in [-0.4, -0.2) is 84.0 Å². The van der Waals surface area contributed by atoms with E-state index < -0.39 is 35.9 Å². The number of amides is 3. The van der Waals surface area contributed by atoms with Crippen LogP contribution in [0, 0.1) is 5.92 Å². The van der Waals surface area contributed by atoms with E-state index in [4.69, 9.17) is 11.5 Å². The summed E-state index contributed by atoms with van der Waals surface area (Å²) in [7, 11) is 0. The number of nitrogens with zero attached hydrogens (tertiary/aromatic N) is 1. The summed E-state index contributed by atoms with van der Waals surface area (Å²) in [5, 5.41) is 20.6. The number of carbonyl (C=O) groups is 4. The van der Waals surface area contributed by atoms with E-state index in [1.54, 1.807) is 25.6 Å². The average Bonchev–Trinajstić information content (AvgIpc) is 3.31. The lowest BCUT2D eigenvalue weighted by Gasteiger charge is -2.27. The van der Waals surface area contributed by atoms with Crippen molar-refractivity contribution >= 4 is 41.4 Å². The lowest BCUT2D eigenvalue weighted by molar-refractivity contribution is -0.142. The largest absolute Gasteiger partial charge is 0.480 e. The minimum Gasteiger partial charge on any atom is -0.480 e. The molecule has 12 nitrogen and oxygen atoms in total. The van der Waals surface area contributed by atoms with Crippen LogP contribution in [0.2, 0.25) is 0 Å². The van der Waals surface area contributed by atoms with Crippen molar-refractivity contribution in [1.29, 1.82) is 0 Å². The van der Waals surface area contributed by atoms with E-state index in [9.17, 15) is 24.3 Å². The van der Waals surface area contributed by atoms with Crippen LogP contribution in [0.25, 0.3) is 0 Å². The van der Waals surface area contributed by atoms with E-state index in [1.807, 2.05) is 6.26 Å². The van der Waals surface area contributed by atoms with Gasteiger partial charge in [0.05, 0.1) is 6.04 Å². The fraction of sp³-hybridized carbons (Fsp3) is 0.762. The van der Waals surface area contributed by atoms with Gasteiger partial charge >= 0.3 is 5.97 Å². The summed E-state index contributed by atoms with van der Waals surface area (Å²) in [4.78, 5) is 53.9. The van der Waals surface area contributed by atoms with Crippen LogP contribution in [0.15, 0.2) is 4.99 Å². The maximum atomic E-state index is 13.0. The van der Waals surface area contributed by atoms with Crippen LogP contribution in [0.4, 0.5) is 0 Å². The average molecular weight is 502 g/mol. The van der Waals surface area contributed by atoms with Crippen molar-refractivity contribution < 1.29 is 24.3 Å². The molecule has 0 aromatic heterocycles. The molecule has 1 aliphatic rings. The SMILES string of the molecule is CSCCC(NC(=O)C1CCCN1)C(=O)NC(C(=O)NC(CCCN=C(N)N)C(=O)O)C(C)C. The number of carbonyl (C=O) groups excluding carboxylic acids is 3. The topological polar surface area (TPSA) is 201 Å². The second-order valence-electron chi connectivity index (χ2n) is 8.57. The number of carboxylic acid groups (broad SMARTS) is 1. The zero-order chi connectivity index (χ0) is 25.7. The second-order valence-corrected chi connectivity index (χ2v) is 9.56. The Kier molecular flexibility index (Phi) is 13.3. The standard InChI is InChI=1S/C21H39N7O5S/c1-12(2)16(19(31)27-15(20(32)33)7-5-10-25-21(22)23)28-18(30)14(8-11-34-3)26-17(29)13-6-4-9-24-13/h12-16,24H,4-11H2,1-3H3,(H,26,29)(H,27,31)(H,28,30)(H,32,33)(H4,22,23,25). The van der Waals surface area contributed by atoms with Gasteiger partial charge in [0.2, 0.25) is 17.7 Å². The molecule has 4 atom stereocenters. The number of nitrogens with two attached hydrogens (primary N) is 2. The highest BCUT2D eigenvalue weighted by Crippen LogP contribution is 2.09. The molecular weight excluding hydrogens is 462 g/mol. The first-order valence-electron chi connectivity index (χ1n) is 11.5. The van der Waals surface area contributed by atoms with Crippen LogP contribution in [0.3, 0.4) is 0 Å². The molecule has 0 aromatic carbocycles. The van der Waals surface area contributed by atoms with Gasteiger partial charge < -0.3 is 37.8 Å². The minimum absolute atomic E-state index is 0.0923. The first-order chi connectivity index (χ1) is 16.1. The molecule has 1 fully saturated rings. The van der Waals surface area contributed by atoms with E-state index in [0.29, 0.717) is 25.0 Å². The highest BCUT2D eigenvalue weighted by atomic mass is 32.2. The van der Waals surface area contributed by atoms with E-state index >= 15 is 0 Å². The Morgan fingerprint density at radius 3 is 2.32 bits per heavy atom. The fourth-order valence-corrected chi connectivity index (χ4v) is 3.97. The molecule has 1 heterocycles. The quantitative estimate of drug-likeness (QED) is 0.0812. The third-order valence-electron chi connectivity index (χ3n) is 5.43. The third-order valence-corrected chi connectivity index (χ3v) is 6.07. The highest BCUT2D eigenvalue weighted by molar-refractivity contribution is 7.98. The van der Waals surface area contributed by atoms with E-state index in [1.165, 1.54) is 0 Å². The lowest BCUT2D eigenvalue weighted by Crippen LogP contribution is -2.58. The van der Waals surface area contributed by atoms with Crippen LogP contribution >= 0.6 is 11.8 Å². The molecule has 0 saturated carbocycles. The Bertz CT molecular complexity index is 724. The Morgan fingerprint density at radius 2 is 1.79 bits per heavy atom. The molecule has 0 aromatic rings. The van der Waals surface area contributed by atoms with Crippen molar-refractivity contribution in [3.8, 4) is 0 Å². The molecule has 1 rings (SSSR count). The van der Waals surface area contributed by atoms with Gasteiger partial charge in [0, 0.05) is 6.54 Å². The Labute approximate surface area is 204 Å². The predicted octanol–water partition coefficient (Wildman–Crippen LogP) is -1.26. The van der Waals surface area contributed by atoms with Gasteiger partial charge in [-0.05, 0) is 56.6 Å². The first-order valence-corrected chi connectivity index (χ1v) is 12.9. The Hall–Kier alpha value is -2.54. The van der Waals surface area contributed by atoms with Gasteiger partial charge in [-0.2, -0.15) is 11.8 Å². The molecule has 0 radical (unpaired) electrons. The molecule has 4 unspecified atom stereocenters. The number of hydrogen-bond acceptors (Lipinski definition) is 7. The predicted molar refractivity (Wildman–Crippen MR) is 132 cm³/mol. The summed E-state index contributed by atoms with van der Waals surface area (Å²) in [5.41, 5.74) is 10.5. The number of aliphatic imine (C=N–C) groups is 1. The molecule has 0 bridgehead atoms. The zero-order valence-electron chi connectivity index (χ0n) is 20.1. The highest BCUT2D eigenvalue weighted by Gasteiger charge is 2.32. The summed E-state index contributed by atoms with van der Waals surface area (Å²) in [6.45, 7) is 4.49. The molecular formula is C21H39N7O5S. The summed E-state index contributed by atoms with van der Waals surface area (Å²) in [5.74, 6) is -2.28. The second kappa shape index (κ2) is 15.4. The van der Waals surface area contributed by atoms with Crippen molar-refractivity contribution in [1.82, 2.24) is 21.3 Å². The summed E-state index contributed by atoms with van der Waals surface area (Å²) in [6.07, 6.45) is 4.38. The fourth-order valence-electron chi connectivity index (χ4n) is 3.50. The number of guanidine groups is 1. The van der Waals surface area contributed by atoms with Crippen LogP contribution in [-0.2, 0) is 19.2 Å². The van der Waals surface area contributed by atoms with Gasteiger partial charge in [0.1, 0.15) is 18.1 Å². The molecule has 1 saturated heterocycles. The minimum atomic E-state index is -1.19. The number of hydrogen-bond donors (Lipinski definition) is 7. The number of rotatable bonds is 15. The molecule has 1 aliphatic heterocycles.